The van der Waals surface area contributed by atoms with E-state index in [1.165, 1.54) is 11.3 Å². The summed E-state index contributed by atoms with van der Waals surface area (Å²) >= 11 is 1.39. The highest BCUT2D eigenvalue weighted by Gasteiger charge is 2.25. The number of fused-ring (bicyclic) bond motifs is 1. The molecule has 17 heavy (non-hydrogen) atoms. The second-order valence-electron chi connectivity index (χ2n) is 3.85. The summed E-state index contributed by atoms with van der Waals surface area (Å²) in [6, 6.07) is -0.158. The summed E-state index contributed by atoms with van der Waals surface area (Å²) < 4.78 is 28.5. The number of thiazole rings is 1. The number of nitrogens with one attached hydrogen (secondary N) is 2. The first-order valence-corrected chi connectivity index (χ1v) is 7.47. The van der Waals surface area contributed by atoms with Crippen molar-refractivity contribution < 1.29 is 8.42 Å². The molecule has 0 unspecified atom stereocenters. The molecule has 6 nitrogen and oxygen atoms in total. The number of hydrogen-bond donors (Lipinski definition) is 2. The van der Waals surface area contributed by atoms with Crippen LogP contribution >= 0.6 is 11.3 Å². The zero-order valence-electron chi connectivity index (χ0n) is 9.76. The van der Waals surface area contributed by atoms with E-state index < -0.39 is 10.0 Å². The smallest absolute Gasteiger partial charge is 0.260 e. The maximum Gasteiger partial charge on any atom is 0.260 e. The molecule has 0 aromatic carbocycles. The van der Waals surface area contributed by atoms with Crippen molar-refractivity contribution >= 4 is 32.1 Å². The van der Waals surface area contributed by atoms with Gasteiger partial charge < -0.3 is 5.32 Å². The van der Waals surface area contributed by atoms with Gasteiger partial charge in [0.25, 0.3) is 10.0 Å². The molecule has 0 amide bonds. The van der Waals surface area contributed by atoms with E-state index in [2.05, 4.69) is 15.0 Å². The average molecular weight is 274 g/mol. The zero-order chi connectivity index (χ0) is 12.6. The van der Waals surface area contributed by atoms with Gasteiger partial charge >= 0.3 is 0 Å². The summed E-state index contributed by atoms with van der Waals surface area (Å²) in [5.74, 6) is 0.366. The first-order chi connectivity index (χ1) is 7.95. The molecule has 0 atom stereocenters. The molecule has 0 aliphatic rings. The summed E-state index contributed by atoms with van der Waals surface area (Å²) in [6.07, 6.45) is 1.70. The van der Waals surface area contributed by atoms with Gasteiger partial charge in [0, 0.05) is 24.7 Å². The highest BCUT2D eigenvalue weighted by Crippen LogP contribution is 2.25. The van der Waals surface area contributed by atoms with E-state index in [9.17, 15) is 8.42 Å². The fourth-order valence-electron chi connectivity index (χ4n) is 1.55. The summed E-state index contributed by atoms with van der Waals surface area (Å²) in [5, 5.41) is 4.77. The number of aromatic nitrogens is 2. The Hall–Kier alpha value is -1.12. The van der Waals surface area contributed by atoms with E-state index >= 15 is 0 Å². The van der Waals surface area contributed by atoms with Crippen LogP contribution in [0.4, 0.5) is 5.82 Å². The van der Waals surface area contributed by atoms with Crippen LogP contribution in [0.5, 0.6) is 0 Å². The van der Waals surface area contributed by atoms with E-state index in [0.29, 0.717) is 10.8 Å². The van der Waals surface area contributed by atoms with Gasteiger partial charge in [-0.1, -0.05) is 0 Å². The molecule has 0 aliphatic heterocycles. The Balaban J connectivity index is 2.63. The SMILES string of the molecule is CNc1nc2sccn2c1S(=O)(=O)NC(C)C. The highest BCUT2D eigenvalue weighted by atomic mass is 32.2. The molecule has 2 aromatic rings. The van der Waals surface area contributed by atoms with Crippen LogP contribution < -0.4 is 10.0 Å². The van der Waals surface area contributed by atoms with E-state index in [1.807, 2.05) is 0 Å². The first kappa shape index (κ1) is 12.3. The molecule has 0 saturated carbocycles. The van der Waals surface area contributed by atoms with Gasteiger partial charge in [-0.3, -0.25) is 4.40 Å². The van der Waals surface area contributed by atoms with Crippen molar-refractivity contribution in [1.29, 1.82) is 0 Å². The third-order valence-corrected chi connectivity index (χ3v) is 4.54. The minimum atomic E-state index is -3.56. The fourth-order valence-corrected chi connectivity index (χ4v) is 3.86. The number of sulfonamides is 1. The van der Waals surface area contributed by atoms with Crippen LogP contribution in [0.2, 0.25) is 0 Å². The van der Waals surface area contributed by atoms with Crippen LogP contribution in [0.1, 0.15) is 13.8 Å². The molecular weight excluding hydrogens is 260 g/mol. The summed E-state index contributed by atoms with van der Waals surface area (Å²) in [6.45, 7) is 3.56. The van der Waals surface area contributed by atoms with E-state index in [1.54, 1.807) is 36.9 Å². The number of nitrogens with zero attached hydrogens (tertiary/aromatic N) is 2. The molecule has 2 aromatic heterocycles. The lowest BCUT2D eigenvalue weighted by atomic mass is 10.4. The second-order valence-corrected chi connectivity index (χ2v) is 6.35. The van der Waals surface area contributed by atoms with Crippen molar-refractivity contribution in [3.63, 3.8) is 0 Å². The van der Waals surface area contributed by atoms with Crippen molar-refractivity contribution in [2.45, 2.75) is 24.9 Å². The normalized spacial score (nSPS) is 12.5. The first-order valence-electron chi connectivity index (χ1n) is 5.11. The van der Waals surface area contributed by atoms with Gasteiger partial charge in [-0.2, -0.15) is 0 Å². The summed E-state index contributed by atoms with van der Waals surface area (Å²) in [7, 11) is -1.91. The molecule has 2 N–H and O–H groups in total. The van der Waals surface area contributed by atoms with E-state index in [4.69, 9.17) is 0 Å². The van der Waals surface area contributed by atoms with Gasteiger partial charge in [-0.25, -0.2) is 18.1 Å². The quantitative estimate of drug-likeness (QED) is 0.876. The molecule has 0 fully saturated rings. The monoisotopic (exact) mass is 274 g/mol. The van der Waals surface area contributed by atoms with Crippen LogP contribution in [0.3, 0.4) is 0 Å². The van der Waals surface area contributed by atoms with Crippen molar-refractivity contribution in [3.8, 4) is 0 Å². The van der Waals surface area contributed by atoms with E-state index in [0.717, 1.165) is 0 Å². The molecule has 8 heteroatoms. The van der Waals surface area contributed by atoms with Crippen LogP contribution in [-0.2, 0) is 10.0 Å². The molecule has 0 spiro atoms. The van der Waals surface area contributed by atoms with Crippen LogP contribution in [0.15, 0.2) is 16.6 Å². The molecule has 0 saturated heterocycles. The molecule has 0 bridgehead atoms. The lowest BCUT2D eigenvalue weighted by Crippen LogP contribution is -2.31. The van der Waals surface area contributed by atoms with Crippen molar-refractivity contribution in [2.24, 2.45) is 0 Å². The zero-order valence-corrected chi connectivity index (χ0v) is 11.4. The standard InChI is InChI=1S/C9H14N4O2S2/c1-6(2)12-17(14,15)8-7(10-3)11-9-13(8)4-5-16-9/h4-6,10,12H,1-3H3. The maximum atomic E-state index is 12.2. The fraction of sp³-hybridized carbons (Fsp3) is 0.444. The maximum absolute atomic E-state index is 12.2. The molecule has 94 valence electrons. The topological polar surface area (TPSA) is 75.5 Å². The van der Waals surface area contributed by atoms with Crippen molar-refractivity contribution in [2.75, 3.05) is 12.4 Å². The Kier molecular flexibility index (Phi) is 3.11. The highest BCUT2D eigenvalue weighted by molar-refractivity contribution is 7.89. The summed E-state index contributed by atoms with van der Waals surface area (Å²) in [5.41, 5.74) is 0. The molecule has 2 rings (SSSR count). The minimum Gasteiger partial charge on any atom is -0.371 e. The Morgan fingerprint density at radius 2 is 2.18 bits per heavy atom. The Morgan fingerprint density at radius 3 is 2.76 bits per heavy atom. The molecule has 2 heterocycles. The number of anilines is 1. The Morgan fingerprint density at radius 1 is 1.47 bits per heavy atom. The van der Waals surface area contributed by atoms with Crippen molar-refractivity contribution in [1.82, 2.24) is 14.1 Å². The van der Waals surface area contributed by atoms with Gasteiger partial charge in [0.1, 0.15) is 0 Å². The molecular formula is C9H14N4O2S2. The van der Waals surface area contributed by atoms with Gasteiger partial charge in [0.2, 0.25) is 0 Å². The number of rotatable bonds is 4. The largest absolute Gasteiger partial charge is 0.371 e. The molecule has 0 radical (unpaired) electrons. The third-order valence-electron chi connectivity index (χ3n) is 2.10. The predicted octanol–water partition coefficient (Wildman–Crippen LogP) is 1.12. The van der Waals surface area contributed by atoms with Gasteiger partial charge in [-0.15, -0.1) is 11.3 Å². The van der Waals surface area contributed by atoms with Gasteiger partial charge in [0.05, 0.1) is 0 Å². The average Bonchev–Trinajstić information content (AvgIpc) is 2.72. The lowest BCUT2D eigenvalue weighted by molar-refractivity contribution is 0.565. The lowest BCUT2D eigenvalue weighted by Gasteiger charge is -2.09. The second kappa shape index (κ2) is 4.28. The number of hydrogen-bond acceptors (Lipinski definition) is 5. The van der Waals surface area contributed by atoms with Gasteiger partial charge in [-0.05, 0) is 13.8 Å². The predicted molar refractivity (Wildman–Crippen MR) is 68.1 cm³/mol. The van der Waals surface area contributed by atoms with Crippen LogP contribution in [0, 0.1) is 0 Å². The van der Waals surface area contributed by atoms with E-state index in [-0.39, 0.29) is 11.1 Å². The van der Waals surface area contributed by atoms with Crippen LogP contribution in [-0.4, -0.2) is 30.9 Å². The Bertz CT molecular complexity index is 627. The Labute approximate surface area is 104 Å². The number of imidazole rings is 1. The summed E-state index contributed by atoms with van der Waals surface area (Å²) in [4.78, 5) is 4.87. The minimum absolute atomic E-state index is 0.157. The van der Waals surface area contributed by atoms with Crippen LogP contribution in [0.25, 0.3) is 4.96 Å². The van der Waals surface area contributed by atoms with Crippen molar-refractivity contribution in [3.05, 3.63) is 11.6 Å². The van der Waals surface area contributed by atoms with Gasteiger partial charge in [0.15, 0.2) is 15.8 Å². The molecule has 0 aliphatic carbocycles. The third kappa shape index (κ3) is 2.15.